The first-order valence-electron chi connectivity index (χ1n) is 6.95. The van der Waals surface area contributed by atoms with Gasteiger partial charge in [-0.25, -0.2) is 4.79 Å². The zero-order valence-electron chi connectivity index (χ0n) is 11.6. The van der Waals surface area contributed by atoms with Crippen LogP contribution < -0.4 is 5.32 Å². The SMILES string of the molecule is C[C@@H]1CN(C(=O)NCCN(C)C2CC2)C[C@H]1C(=O)O. The summed E-state index contributed by atoms with van der Waals surface area (Å²) in [5.74, 6) is -1.21. The smallest absolute Gasteiger partial charge is 0.317 e. The number of carboxylic acids is 1. The van der Waals surface area contributed by atoms with E-state index in [0.717, 1.165) is 6.54 Å². The molecule has 0 spiro atoms. The maximum atomic E-state index is 11.9. The number of nitrogens with zero attached hydrogens (tertiary/aromatic N) is 2. The van der Waals surface area contributed by atoms with Gasteiger partial charge in [0.15, 0.2) is 0 Å². The summed E-state index contributed by atoms with van der Waals surface area (Å²) in [5.41, 5.74) is 0. The molecule has 1 saturated carbocycles. The van der Waals surface area contributed by atoms with Crippen molar-refractivity contribution in [1.29, 1.82) is 0 Å². The van der Waals surface area contributed by atoms with Gasteiger partial charge in [-0.05, 0) is 25.8 Å². The van der Waals surface area contributed by atoms with Gasteiger partial charge in [0.05, 0.1) is 5.92 Å². The zero-order chi connectivity index (χ0) is 14.0. The molecule has 0 unspecified atom stereocenters. The Morgan fingerprint density at radius 3 is 2.58 bits per heavy atom. The van der Waals surface area contributed by atoms with Crippen molar-refractivity contribution in [3.8, 4) is 0 Å². The van der Waals surface area contributed by atoms with Crippen LogP contribution in [0.3, 0.4) is 0 Å². The van der Waals surface area contributed by atoms with Gasteiger partial charge in [-0.15, -0.1) is 0 Å². The Kier molecular flexibility index (Phi) is 4.29. The number of carboxylic acid groups (broad SMARTS) is 1. The molecule has 1 aliphatic heterocycles. The molecule has 1 saturated heterocycles. The number of nitrogens with one attached hydrogen (secondary N) is 1. The van der Waals surface area contributed by atoms with Crippen molar-refractivity contribution in [3.63, 3.8) is 0 Å². The van der Waals surface area contributed by atoms with Crippen molar-refractivity contribution in [2.24, 2.45) is 11.8 Å². The second-order valence-corrected chi connectivity index (χ2v) is 5.77. The third kappa shape index (κ3) is 3.59. The Morgan fingerprint density at radius 1 is 1.37 bits per heavy atom. The molecule has 19 heavy (non-hydrogen) atoms. The Balaban J connectivity index is 1.70. The summed E-state index contributed by atoms with van der Waals surface area (Å²) in [7, 11) is 2.07. The molecule has 0 radical (unpaired) electrons. The van der Waals surface area contributed by atoms with Crippen LogP contribution >= 0.6 is 0 Å². The minimum Gasteiger partial charge on any atom is -0.481 e. The molecule has 2 aliphatic rings. The average molecular weight is 269 g/mol. The molecular formula is C13H23N3O3. The summed E-state index contributed by atoms with van der Waals surface area (Å²) in [6.07, 6.45) is 2.52. The number of likely N-dealkylation sites (N-methyl/N-ethyl adjacent to an activating group) is 1. The van der Waals surface area contributed by atoms with Crippen molar-refractivity contribution in [2.75, 3.05) is 33.2 Å². The maximum absolute atomic E-state index is 11.9. The fraction of sp³-hybridized carbons (Fsp3) is 0.846. The summed E-state index contributed by atoms with van der Waals surface area (Å²) < 4.78 is 0. The Hall–Kier alpha value is -1.30. The number of amides is 2. The van der Waals surface area contributed by atoms with Crippen molar-refractivity contribution in [3.05, 3.63) is 0 Å². The quantitative estimate of drug-likeness (QED) is 0.760. The first-order valence-corrected chi connectivity index (χ1v) is 6.95. The van der Waals surface area contributed by atoms with Gasteiger partial charge in [0.2, 0.25) is 0 Å². The summed E-state index contributed by atoms with van der Waals surface area (Å²) in [6.45, 7) is 4.20. The third-order valence-electron chi connectivity index (χ3n) is 4.13. The molecule has 108 valence electrons. The minimum absolute atomic E-state index is 0.0254. The third-order valence-corrected chi connectivity index (χ3v) is 4.13. The van der Waals surface area contributed by atoms with Crippen LogP contribution in [-0.4, -0.2) is 66.2 Å². The van der Waals surface area contributed by atoms with Gasteiger partial charge in [0.1, 0.15) is 0 Å². The van der Waals surface area contributed by atoms with Gasteiger partial charge in [-0.3, -0.25) is 4.79 Å². The summed E-state index contributed by atoms with van der Waals surface area (Å²) in [5, 5.41) is 11.9. The average Bonchev–Trinajstić information content (AvgIpc) is 3.11. The van der Waals surface area contributed by atoms with E-state index < -0.39 is 11.9 Å². The first-order chi connectivity index (χ1) is 8.99. The summed E-state index contributed by atoms with van der Waals surface area (Å²) in [4.78, 5) is 26.8. The van der Waals surface area contributed by atoms with Crippen LogP contribution in [0.15, 0.2) is 0 Å². The topological polar surface area (TPSA) is 72.9 Å². The van der Waals surface area contributed by atoms with Crippen LogP contribution in [0, 0.1) is 11.8 Å². The number of likely N-dealkylation sites (tertiary alicyclic amines) is 1. The lowest BCUT2D eigenvalue weighted by atomic mass is 9.99. The van der Waals surface area contributed by atoms with Crippen LogP contribution in [0.5, 0.6) is 0 Å². The van der Waals surface area contributed by atoms with Crippen LogP contribution in [0.2, 0.25) is 0 Å². The molecule has 0 aromatic rings. The molecule has 6 nitrogen and oxygen atoms in total. The van der Waals surface area contributed by atoms with E-state index in [1.807, 2.05) is 6.92 Å². The number of carbonyl (C=O) groups is 2. The van der Waals surface area contributed by atoms with Gasteiger partial charge in [-0.2, -0.15) is 0 Å². The van der Waals surface area contributed by atoms with Gasteiger partial charge < -0.3 is 20.2 Å². The zero-order valence-corrected chi connectivity index (χ0v) is 11.6. The van der Waals surface area contributed by atoms with Crippen LogP contribution in [0.25, 0.3) is 0 Å². The van der Waals surface area contributed by atoms with E-state index >= 15 is 0 Å². The highest BCUT2D eigenvalue weighted by atomic mass is 16.4. The van der Waals surface area contributed by atoms with Crippen LogP contribution in [-0.2, 0) is 4.79 Å². The number of hydrogen-bond donors (Lipinski definition) is 2. The van der Waals surface area contributed by atoms with E-state index in [2.05, 4.69) is 17.3 Å². The summed E-state index contributed by atoms with van der Waals surface area (Å²) in [6, 6.07) is 0.555. The second kappa shape index (κ2) is 5.77. The first kappa shape index (κ1) is 14.1. The molecule has 2 fully saturated rings. The van der Waals surface area contributed by atoms with E-state index in [0.29, 0.717) is 25.7 Å². The van der Waals surface area contributed by atoms with Gasteiger partial charge >= 0.3 is 12.0 Å². The number of rotatable bonds is 5. The molecule has 2 N–H and O–H groups in total. The minimum atomic E-state index is -0.809. The van der Waals surface area contributed by atoms with Gasteiger partial charge in [-0.1, -0.05) is 6.92 Å². The maximum Gasteiger partial charge on any atom is 0.317 e. The Labute approximate surface area is 113 Å². The lowest BCUT2D eigenvalue weighted by Gasteiger charge is -2.19. The van der Waals surface area contributed by atoms with E-state index in [-0.39, 0.29) is 11.9 Å². The largest absolute Gasteiger partial charge is 0.481 e. The fourth-order valence-corrected chi connectivity index (χ4v) is 2.60. The molecule has 2 rings (SSSR count). The number of carbonyl (C=O) groups excluding carboxylic acids is 1. The van der Waals surface area contributed by atoms with E-state index in [9.17, 15) is 9.59 Å². The lowest BCUT2D eigenvalue weighted by molar-refractivity contribution is -0.142. The molecule has 2 amide bonds. The standard InChI is InChI=1S/C13H23N3O3/c1-9-7-16(8-11(9)12(17)18)13(19)14-5-6-15(2)10-3-4-10/h9-11H,3-8H2,1-2H3,(H,14,19)(H,17,18)/t9-,11-/m1/s1. The van der Waals surface area contributed by atoms with Crippen LogP contribution in [0.4, 0.5) is 4.79 Å². The molecule has 1 aliphatic carbocycles. The van der Waals surface area contributed by atoms with Crippen molar-refractivity contribution in [2.45, 2.75) is 25.8 Å². The highest BCUT2D eigenvalue weighted by Gasteiger charge is 2.36. The van der Waals surface area contributed by atoms with E-state index in [1.165, 1.54) is 12.8 Å². The fourth-order valence-electron chi connectivity index (χ4n) is 2.60. The molecule has 0 aromatic carbocycles. The Bertz CT molecular complexity index is 357. The molecule has 0 aromatic heterocycles. The van der Waals surface area contributed by atoms with Gasteiger partial charge in [0, 0.05) is 32.2 Å². The number of hydrogen-bond acceptors (Lipinski definition) is 3. The molecule has 1 heterocycles. The lowest BCUT2D eigenvalue weighted by Crippen LogP contribution is -2.42. The van der Waals surface area contributed by atoms with Crippen LogP contribution in [0.1, 0.15) is 19.8 Å². The highest BCUT2D eigenvalue weighted by Crippen LogP contribution is 2.25. The second-order valence-electron chi connectivity index (χ2n) is 5.77. The highest BCUT2D eigenvalue weighted by molar-refractivity contribution is 5.77. The van der Waals surface area contributed by atoms with E-state index in [1.54, 1.807) is 4.90 Å². The molecule has 6 heteroatoms. The number of urea groups is 1. The monoisotopic (exact) mass is 269 g/mol. The normalized spacial score (nSPS) is 26.8. The van der Waals surface area contributed by atoms with E-state index in [4.69, 9.17) is 5.11 Å². The molecule has 2 atom stereocenters. The van der Waals surface area contributed by atoms with Gasteiger partial charge in [0.25, 0.3) is 0 Å². The predicted octanol–water partition coefficient (Wildman–Crippen LogP) is 0.443. The predicted molar refractivity (Wildman–Crippen MR) is 70.9 cm³/mol. The van der Waals surface area contributed by atoms with Crippen molar-refractivity contribution in [1.82, 2.24) is 15.1 Å². The molecule has 0 bridgehead atoms. The number of aliphatic carboxylic acids is 1. The Morgan fingerprint density at radius 2 is 2.05 bits per heavy atom. The van der Waals surface area contributed by atoms with Crippen molar-refractivity contribution >= 4 is 12.0 Å². The van der Waals surface area contributed by atoms with Crippen molar-refractivity contribution < 1.29 is 14.7 Å². The molecular weight excluding hydrogens is 246 g/mol. The summed E-state index contributed by atoms with van der Waals surface area (Å²) >= 11 is 0.